The molecule has 0 unspecified atom stereocenters. The average Bonchev–Trinajstić information content (AvgIpc) is 2.44. The molecule has 1 aromatic heterocycles. The highest BCUT2D eigenvalue weighted by Crippen LogP contribution is 2.29. The van der Waals surface area contributed by atoms with Gasteiger partial charge in [0.15, 0.2) is 0 Å². The van der Waals surface area contributed by atoms with Gasteiger partial charge in [-0.3, -0.25) is 0 Å². The minimum atomic E-state index is 0.598. The summed E-state index contributed by atoms with van der Waals surface area (Å²) in [5.41, 5.74) is 0.860. The lowest BCUT2D eigenvalue weighted by Crippen LogP contribution is -2.06. The van der Waals surface area contributed by atoms with Crippen molar-refractivity contribution in [3.05, 3.63) is 38.4 Å². The second-order valence-electron chi connectivity index (χ2n) is 4.07. The molecule has 0 spiro atoms. The molecule has 0 bridgehead atoms. The first-order valence-electron chi connectivity index (χ1n) is 6.08. The van der Waals surface area contributed by atoms with Gasteiger partial charge in [-0.15, -0.1) is 0 Å². The van der Waals surface area contributed by atoms with Crippen molar-refractivity contribution in [3.63, 3.8) is 0 Å². The van der Waals surface area contributed by atoms with Crippen molar-refractivity contribution in [2.75, 3.05) is 17.2 Å². The number of rotatable bonds is 5. The normalized spacial score (nSPS) is 10.4. The van der Waals surface area contributed by atoms with Gasteiger partial charge in [-0.1, -0.05) is 18.5 Å². The Morgan fingerprint density at radius 3 is 2.75 bits per heavy atom. The highest BCUT2D eigenvalue weighted by atomic mass is 79.9. The molecule has 1 aromatic carbocycles. The molecule has 20 heavy (non-hydrogen) atoms. The predicted octanol–water partition coefficient (Wildman–Crippen LogP) is 5.22. The quantitative estimate of drug-likeness (QED) is 0.696. The van der Waals surface area contributed by atoms with Gasteiger partial charge in [-0.05, 0) is 56.5 Å². The minimum absolute atomic E-state index is 0.598. The lowest BCUT2D eigenvalue weighted by Gasteiger charge is -2.10. The first kappa shape index (κ1) is 15.5. The molecule has 1 heterocycles. The van der Waals surface area contributed by atoms with Gasteiger partial charge in [0.1, 0.15) is 5.82 Å². The SMILES string of the molecule is CCCNc1ncc(Br)c(Nc2ccc(Br)c(Cl)c2)n1. The minimum Gasteiger partial charge on any atom is -0.354 e. The summed E-state index contributed by atoms with van der Waals surface area (Å²) in [4.78, 5) is 8.63. The second kappa shape index (κ2) is 7.24. The van der Waals surface area contributed by atoms with Crippen molar-refractivity contribution in [2.45, 2.75) is 13.3 Å². The summed E-state index contributed by atoms with van der Waals surface area (Å²) in [6.45, 7) is 2.93. The van der Waals surface area contributed by atoms with Gasteiger partial charge >= 0.3 is 0 Å². The van der Waals surface area contributed by atoms with E-state index < -0.39 is 0 Å². The maximum atomic E-state index is 6.08. The van der Waals surface area contributed by atoms with Gasteiger partial charge < -0.3 is 10.6 Å². The van der Waals surface area contributed by atoms with E-state index in [0.29, 0.717) is 16.8 Å². The van der Waals surface area contributed by atoms with E-state index in [4.69, 9.17) is 11.6 Å². The zero-order chi connectivity index (χ0) is 14.5. The van der Waals surface area contributed by atoms with Crippen molar-refractivity contribution in [1.29, 1.82) is 0 Å². The Morgan fingerprint density at radius 1 is 1.25 bits per heavy atom. The van der Waals surface area contributed by atoms with Crippen molar-refractivity contribution in [3.8, 4) is 0 Å². The van der Waals surface area contributed by atoms with E-state index in [0.717, 1.165) is 27.6 Å². The van der Waals surface area contributed by atoms with Crippen LogP contribution in [-0.4, -0.2) is 16.5 Å². The monoisotopic (exact) mass is 418 g/mol. The summed E-state index contributed by atoms with van der Waals surface area (Å²) in [5, 5.41) is 7.01. The number of nitrogens with zero attached hydrogens (tertiary/aromatic N) is 2. The standard InChI is InChI=1S/C13H13Br2ClN4/c1-2-5-17-13-18-7-10(15)12(20-13)19-8-3-4-9(14)11(16)6-8/h3-4,6-7H,2,5H2,1H3,(H2,17,18,19,20). The molecule has 0 atom stereocenters. The number of hydrogen-bond acceptors (Lipinski definition) is 4. The van der Waals surface area contributed by atoms with Crippen LogP contribution in [0.1, 0.15) is 13.3 Å². The first-order valence-corrected chi connectivity index (χ1v) is 8.05. The molecule has 2 aromatic rings. The van der Waals surface area contributed by atoms with E-state index in [1.165, 1.54) is 0 Å². The van der Waals surface area contributed by atoms with Gasteiger partial charge in [0, 0.05) is 22.9 Å². The molecule has 2 N–H and O–H groups in total. The van der Waals surface area contributed by atoms with Crippen molar-refractivity contribution in [2.24, 2.45) is 0 Å². The summed E-state index contributed by atoms with van der Waals surface area (Å²) in [6.07, 6.45) is 2.73. The Labute approximate surface area is 139 Å². The van der Waals surface area contributed by atoms with E-state index in [1.807, 2.05) is 18.2 Å². The zero-order valence-electron chi connectivity index (χ0n) is 10.8. The van der Waals surface area contributed by atoms with Crippen LogP contribution in [0.15, 0.2) is 33.3 Å². The maximum Gasteiger partial charge on any atom is 0.224 e. The van der Waals surface area contributed by atoms with Crippen molar-refractivity contribution < 1.29 is 0 Å². The van der Waals surface area contributed by atoms with Gasteiger partial charge in [0.05, 0.1) is 9.50 Å². The van der Waals surface area contributed by atoms with Gasteiger partial charge in [0.25, 0.3) is 0 Å². The average molecular weight is 421 g/mol. The predicted molar refractivity (Wildman–Crippen MR) is 90.9 cm³/mol. The number of halogens is 3. The molecule has 0 saturated heterocycles. The van der Waals surface area contributed by atoms with Crippen molar-refractivity contribution >= 4 is 60.9 Å². The Morgan fingerprint density at radius 2 is 2.05 bits per heavy atom. The fourth-order valence-corrected chi connectivity index (χ4v) is 2.20. The molecule has 0 radical (unpaired) electrons. The van der Waals surface area contributed by atoms with Crippen LogP contribution in [0.5, 0.6) is 0 Å². The molecule has 0 aliphatic carbocycles. The van der Waals surface area contributed by atoms with Gasteiger partial charge in [-0.2, -0.15) is 4.98 Å². The number of nitrogens with one attached hydrogen (secondary N) is 2. The Balaban J connectivity index is 2.20. The number of benzene rings is 1. The molecule has 0 fully saturated rings. The molecule has 106 valence electrons. The summed E-state index contributed by atoms with van der Waals surface area (Å²) in [5.74, 6) is 1.29. The summed E-state index contributed by atoms with van der Waals surface area (Å²) in [7, 11) is 0. The van der Waals surface area contributed by atoms with E-state index in [1.54, 1.807) is 6.20 Å². The first-order chi connectivity index (χ1) is 9.60. The Kier molecular flexibility index (Phi) is 5.63. The molecule has 7 heteroatoms. The topological polar surface area (TPSA) is 49.8 Å². The van der Waals surface area contributed by atoms with Crippen LogP contribution < -0.4 is 10.6 Å². The molecular formula is C13H13Br2ClN4. The number of hydrogen-bond donors (Lipinski definition) is 2. The fraction of sp³-hybridized carbons (Fsp3) is 0.231. The van der Waals surface area contributed by atoms with Crippen LogP contribution in [0, 0.1) is 0 Å². The lowest BCUT2D eigenvalue weighted by atomic mass is 10.3. The molecule has 0 amide bonds. The van der Waals surface area contributed by atoms with Crippen LogP contribution in [0.4, 0.5) is 17.5 Å². The van der Waals surface area contributed by atoms with Crippen LogP contribution in [-0.2, 0) is 0 Å². The third-order valence-electron chi connectivity index (χ3n) is 2.46. The number of anilines is 3. The van der Waals surface area contributed by atoms with Crippen LogP contribution >= 0.6 is 43.5 Å². The van der Waals surface area contributed by atoms with E-state index in [2.05, 4.69) is 59.4 Å². The largest absolute Gasteiger partial charge is 0.354 e. The van der Waals surface area contributed by atoms with E-state index in [-0.39, 0.29) is 0 Å². The fourth-order valence-electron chi connectivity index (χ4n) is 1.49. The Bertz CT molecular complexity index is 607. The molecular weight excluding hydrogens is 407 g/mol. The summed E-state index contributed by atoms with van der Waals surface area (Å²) in [6, 6.07) is 5.64. The molecule has 0 aliphatic heterocycles. The number of aromatic nitrogens is 2. The van der Waals surface area contributed by atoms with Crippen LogP contribution in [0.2, 0.25) is 5.02 Å². The summed E-state index contributed by atoms with van der Waals surface area (Å²) < 4.78 is 1.65. The highest BCUT2D eigenvalue weighted by molar-refractivity contribution is 9.11. The van der Waals surface area contributed by atoms with Gasteiger partial charge in [-0.25, -0.2) is 4.98 Å². The van der Waals surface area contributed by atoms with E-state index >= 15 is 0 Å². The van der Waals surface area contributed by atoms with Gasteiger partial charge in [0.2, 0.25) is 5.95 Å². The van der Waals surface area contributed by atoms with Crippen molar-refractivity contribution in [1.82, 2.24) is 9.97 Å². The molecule has 4 nitrogen and oxygen atoms in total. The summed E-state index contributed by atoms with van der Waals surface area (Å²) >= 11 is 12.9. The molecule has 0 aliphatic rings. The zero-order valence-corrected chi connectivity index (χ0v) is 14.7. The Hall–Kier alpha value is -0.850. The molecule has 0 saturated carbocycles. The van der Waals surface area contributed by atoms with E-state index in [9.17, 15) is 0 Å². The third kappa shape index (κ3) is 4.07. The second-order valence-corrected chi connectivity index (χ2v) is 6.19. The highest BCUT2D eigenvalue weighted by Gasteiger charge is 2.06. The van der Waals surface area contributed by atoms with Crippen LogP contribution in [0.3, 0.4) is 0 Å². The van der Waals surface area contributed by atoms with Crippen LogP contribution in [0.25, 0.3) is 0 Å². The maximum absolute atomic E-state index is 6.08. The third-order valence-corrected chi connectivity index (χ3v) is 4.27. The molecule has 2 rings (SSSR count). The lowest BCUT2D eigenvalue weighted by molar-refractivity contribution is 0.952. The smallest absolute Gasteiger partial charge is 0.224 e.